The first kappa shape index (κ1) is 17.6. The lowest BCUT2D eigenvalue weighted by Crippen LogP contribution is -2.34. The Bertz CT molecular complexity index is 813. The number of thioether (sulfide) groups is 1. The Kier molecular flexibility index (Phi) is 5.27. The van der Waals surface area contributed by atoms with Crippen molar-refractivity contribution in [3.8, 4) is 11.5 Å². The number of nitrogens with zero attached hydrogens (tertiary/aromatic N) is 1. The molecule has 0 radical (unpaired) electrons. The zero-order valence-corrected chi connectivity index (χ0v) is 15.9. The van der Waals surface area contributed by atoms with Crippen molar-refractivity contribution in [1.29, 1.82) is 0 Å². The summed E-state index contributed by atoms with van der Waals surface area (Å²) in [5.74, 6) is 2.54. The maximum Gasteiger partial charge on any atom is 0.231 e. The number of halogens is 1. The van der Waals surface area contributed by atoms with E-state index in [4.69, 9.17) is 21.1 Å². The average Bonchev–Trinajstić information content (AvgIpc) is 2.97. The topological polar surface area (TPSA) is 38.8 Å². The quantitative estimate of drug-likeness (QED) is 0.783. The third-order valence-corrected chi connectivity index (χ3v) is 6.39. The molecule has 0 aliphatic carbocycles. The van der Waals surface area contributed by atoms with Gasteiger partial charge in [-0.2, -0.15) is 11.8 Å². The van der Waals surface area contributed by atoms with E-state index >= 15 is 0 Å². The van der Waals surface area contributed by atoms with E-state index in [1.807, 2.05) is 53.1 Å². The van der Waals surface area contributed by atoms with Gasteiger partial charge in [0.25, 0.3) is 0 Å². The van der Waals surface area contributed by atoms with Crippen molar-refractivity contribution in [2.24, 2.45) is 0 Å². The minimum absolute atomic E-state index is 0.157. The molecule has 1 fully saturated rings. The van der Waals surface area contributed by atoms with Gasteiger partial charge >= 0.3 is 0 Å². The smallest absolute Gasteiger partial charge is 0.231 e. The second kappa shape index (κ2) is 7.80. The second-order valence-corrected chi connectivity index (χ2v) is 8.13. The van der Waals surface area contributed by atoms with Gasteiger partial charge in [0.1, 0.15) is 0 Å². The van der Waals surface area contributed by atoms with Crippen LogP contribution in [0.5, 0.6) is 11.5 Å². The number of amides is 1. The van der Waals surface area contributed by atoms with Crippen LogP contribution in [0.1, 0.15) is 22.8 Å². The lowest BCUT2D eigenvalue weighted by atomic mass is 10.1. The van der Waals surface area contributed by atoms with Crippen molar-refractivity contribution >= 4 is 29.3 Å². The highest BCUT2D eigenvalue weighted by atomic mass is 35.5. The van der Waals surface area contributed by atoms with Crippen LogP contribution >= 0.6 is 23.4 Å². The Morgan fingerprint density at radius 2 is 2.00 bits per heavy atom. The van der Waals surface area contributed by atoms with Gasteiger partial charge in [-0.1, -0.05) is 35.9 Å². The van der Waals surface area contributed by atoms with Gasteiger partial charge in [0.2, 0.25) is 12.7 Å². The fourth-order valence-electron chi connectivity index (χ4n) is 3.34. The summed E-state index contributed by atoms with van der Waals surface area (Å²) >= 11 is 8.23. The lowest BCUT2D eigenvalue weighted by molar-refractivity contribution is -0.130. The molecule has 26 heavy (non-hydrogen) atoms. The largest absolute Gasteiger partial charge is 0.454 e. The van der Waals surface area contributed by atoms with Gasteiger partial charge in [0.15, 0.2) is 11.5 Å². The molecule has 4 nitrogen and oxygen atoms in total. The first-order valence-corrected chi connectivity index (χ1v) is 10.2. The SMILES string of the molecule is O=C(Cc1ccc2c(c1)OCO2)N1CCSC(c2ccccc2Cl)CC1. The number of hydrogen-bond acceptors (Lipinski definition) is 4. The molecule has 2 aliphatic heterocycles. The fourth-order valence-corrected chi connectivity index (χ4v) is 4.94. The van der Waals surface area contributed by atoms with Crippen LogP contribution in [0.25, 0.3) is 0 Å². The number of carbonyl (C=O) groups is 1. The molecule has 0 N–H and O–H groups in total. The van der Waals surface area contributed by atoms with Crippen molar-refractivity contribution in [2.45, 2.75) is 18.1 Å². The number of fused-ring (bicyclic) bond motifs is 1. The van der Waals surface area contributed by atoms with Crippen LogP contribution < -0.4 is 9.47 Å². The first-order valence-electron chi connectivity index (χ1n) is 8.73. The van der Waals surface area contributed by atoms with Gasteiger partial charge in [0, 0.05) is 29.1 Å². The molecule has 0 aromatic heterocycles. The number of hydrogen-bond donors (Lipinski definition) is 0. The molecular weight excluding hydrogens is 370 g/mol. The van der Waals surface area contributed by atoms with E-state index in [1.54, 1.807) is 0 Å². The molecule has 2 aliphatic rings. The second-order valence-electron chi connectivity index (χ2n) is 6.41. The van der Waals surface area contributed by atoms with Crippen LogP contribution in [-0.4, -0.2) is 36.4 Å². The van der Waals surface area contributed by atoms with Crippen LogP contribution in [0.3, 0.4) is 0 Å². The van der Waals surface area contributed by atoms with Gasteiger partial charge in [-0.05, 0) is 35.7 Å². The van der Waals surface area contributed by atoms with E-state index in [9.17, 15) is 4.79 Å². The van der Waals surface area contributed by atoms with Crippen LogP contribution in [0.15, 0.2) is 42.5 Å². The Morgan fingerprint density at radius 1 is 1.15 bits per heavy atom. The molecule has 2 heterocycles. The predicted octanol–water partition coefficient (Wildman–Crippen LogP) is 4.32. The molecule has 1 atom stereocenters. The summed E-state index contributed by atoms with van der Waals surface area (Å²) in [4.78, 5) is 14.7. The Morgan fingerprint density at radius 3 is 2.88 bits per heavy atom. The highest BCUT2D eigenvalue weighted by Gasteiger charge is 2.24. The van der Waals surface area contributed by atoms with Gasteiger partial charge in [-0.15, -0.1) is 0 Å². The highest BCUT2D eigenvalue weighted by molar-refractivity contribution is 7.99. The minimum atomic E-state index is 0.157. The first-order chi connectivity index (χ1) is 12.7. The van der Waals surface area contributed by atoms with E-state index in [1.165, 1.54) is 5.56 Å². The molecule has 6 heteroatoms. The molecule has 1 unspecified atom stereocenters. The van der Waals surface area contributed by atoms with Crippen molar-refractivity contribution in [1.82, 2.24) is 4.90 Å². The number of ether oxygens (including phenoxy) is 2. The highest BCUT2D eigenvalue weighted by Crippen LogP contribution is 2.38. The molecule has 1 saturated heterocycles. The Labute approximate surface area is 162 Å². The van der Waals surface area contributed by atoms with E-state index in [2.05, 4.69) is 6.07 Å². The summed E-state index contributed by atoms with van der Waals surface area (Å²) in [6.07, 6.45) is 1.30. The molecule has 136 valence electrons. The predicted molar refractivity (Wildman–Crippen MR) is 104 cm³/mol. The van der Waals surface area contributed by atoms with Gasteiger partial charge in [-0.25, -0.2) is 0 Å². The molecule has 0 saturated carbocycles. The Balaban J connectivity index is 1.39. The number of rotatable bonds is 3. The van der Waals surface area contributed by atoms with E-state index in [-0.39, 0.29) is 12.7 Å². The minimum Gasteiger partial charge on any atom is -0.454 e. The Hall–Kier alpha value is -1.85. The number of benzene rings is 2. The zero-order valence-electron chi connectivity index (χ0n) is 14.3. The zero-order chi connectivity index (χ0) is 17.9. The normalized spacial score (nSPS) is 19.3. The number of carbonyl (C=O) groups excluding carboxylic acids is 1. The van der Waals surface area contributed by atoms with Gasteiger partial charge in [-0.3, -0.25) is 4.79 Å². The molecule has 2 aromatic rings. The summed E-state index contributed by atoms with van der Waals surface area (Å²) < 4.78 is 10.7. The van der Waals surface area contributed by atoms with Gasteiger partial charge in [0.05, 0.1) is 6.42 Å². The molecule has 0 spiro atoms. The molecule has 0 bridgehead atoms. The molecular formula is C20H20ClNO3S. The third-order valence-electron chi connectivity index (χ3n) is 4.74. The molecule has 1 amide bonds. The maximum absolute atomic E-state index is 12.7. The monoisotopic (exact) mass is 389 g/mol. The standard InChI is InChI=1S/C20H20ClNO3S/c21-16-4-2-1-3-15(16)19-7-8-22(9-10-26-19)20(23)12-14-5-6-17-18(11-14)25-13-24-17/h1-6,11,19H,7-10,12-13H2. The average molecular weight is 390 g/mol. The summed E-state index contributed by atoms with van der Waals surface area (Å²) in [7, 11) is 0. The van der Waals surface area contributed by atoms with Crippen LogP contribution in [0, 0.1) is 0 Å². The van der Waals surface area contributed by atoms with Crippen LogP contribution in [-0.2, 0) is 11.2 Å². The van der Waals surface area contributed by atoms with E-state index in [0.29, 0.717) is 11.7 Å². The van der Waals surface area contributed by atoms with Crippen molar-refractivity contribution in [2.75, 3.05) is 25.6 Å². The summed E-state index contributed by atoms with van der Waals surface area (Å²) in [6.45, 7) is 1.78. The van der Waals surface area contributed by atoms with Crippen molar-refractivity contribution < 1.29 is 14.3 Å². The fraction of sp³-hybridized carbons (Fsp3) is 0.350. The van der Waals surface area contributed by atoms with Crippen LogP contribution in [0.2, 0.25) is 5.02 Å². The van der Waals surface area contributed by atoms with Gasteiger partial charge < -0.3 is 14.4 Å². The third kappa shape index (κ3) is 3.79. The van der Waals surface area contributed by atoms with E-state index in [0.717, 1.165) is 47.3 Å². The van der Waals surface area contributed by atoms with E-state index < -0.39 is 0 Å². The summed E-state index contributed by atoms with van der Waals surface area (Å²) in [5, 5.41) is 1.15. The van der Waals surface area contributed by atoms with Crippen molar-refractivity contribution in [3.63, 3.8) is 0 Å². The molecule has 4 rings (SSSR count). The van der Waals surface area contributed by atoms with Crippen LogP contribution in [0.4, 0.5) is 0 Å². The molecule has 2 aromatic carbocycles. The van der Waals surface area contributed by atoms with Crippen molar-refractivity contribution in [3.05, 3.63) is 58.6 Å². The lowest BCUT2D eigenvalue weighted by Gasteiger charge is -2.20. The maximum atomic E-state index is 12.7. The summed E-state index contributed by atoms with van der Waals surface area (Å²) in [6, 6.07) is 13.7. The summed E-state index contributed by atoms with van der Waals surface area (Å²) in [5.41, 5.74) is 2.13.